The zero-order valence-corrected chi connectivity index (χ0v) is 13.7. The SMILES string of the molecule is C#CCOc1ccc(OC)cc1/C=N\NC(=O)[C@H](O)c1ccccc1. The van der Waals surface area contributed by atoms with Crippen molar-refractivity contribution in [2.24, 2.45) is 5.10 Å². The summed E-state index contributed by atoms with van der Waals surface area (Å²) in [7, 11) is 1.54. The van der Waals surface area contributed by atoms with Gasteiger partial charge in [-0.3, -0.25) is 4.79 Å². The molecule has 0 heterocycles. The van der Waals surface area contributed by atoms with E-state index in [0.29, 0.717) is 22.6 Å². The van der Waals surface area contributed by atoms with Crippen LogP contribution in [0.5, 0.6) is 11.5 Å². The van der Waals surface area contributed by atoms with Gasteiger partial charge in [0.2, 0.25) is 0 Å². The number of methoxy groups -OCH3 is 1. The molecule has 0 aromatic heterocycles. The lowest BCUT2D eigenvalue weighted by Crippen LogP contribution is -2.25. The topological polar surface area (TPSA) is 80.2 Å². The van der Waals surface area contributed by atoms with Gasteiger partial charge in [-0.1, -0.05) is 36.3 Å². The monoisotopic (exact) mass is 338 g/mol. The molecule has 0 spiro atoms. The van der Waals surface area contributed by atoms with E-state index >= 15 is 0 Å². The van der Waals surface area contributed by atoms with E-state index in [0.717, 1.165) is 0 Å². The molecule has 2 N–H and O–H groups in total. The molecule has 2 rings (SSSR count). The summed E-state index contributed by atoms with van der Waals surface area (Å²) < 4.78 is 10.6. The Hall–Kier alpha value is -3.30. The first-order chi connectivity index (χ1) is 12.2. The van der Waals surface area contributed by atoms with E-state index in [9.17, 15) is 9.90 Å². The van der Waals surface area contributed by atoms with Crippen LogP contribution in [0.3, 0.4) is 0 Å². The summed E-state index contributed by atoms with van der Waals surface area (Å²) in [6.07, 6.45) is 5.28. The molecule has 0 saturated heterocycles. The van der Waals surface area contributed by atoms with E-state index in [1.54, 1.807) is 48.5 Å². The first-order valence-corrected chi connectivity index (χ1v) is 7.46. The summed E-state index contributed by atoms with van der Waals surface area (Å²) in [5.41, 5.74) is 3.35. The Balaban J connectivity index is 2.07. The van der Waals surface area contributed by atoms with Crippen LogP contribution in [0, 0.1) is 12.3 Å². The van der Waals surface area contributed by atoms with Crippen molar-refractivity contribution in [1.82, 2.24) is 5.43 Å². The van der Waals surface area contributed by atoms with Gasteiger partial charge >= 0.3 is 0 Å². The first kappa shape index (κ1) is 18.0. The zero-order valence-electron chi connectivity index (χ0n) is 13.7. The quantitative estimate of drug-likeness (QED) is 0.459. The van der Waals surface area contributed by atoms with Gasteiger partial charge in [-0.2, -0.15) is 5.10 Å². The lowest BCUT2D eigenvalue weighted by atomic mass is 10.1. The second kappa shape index (κ2) is 9.11. The van der Waals surface area contributed by atoms with Crippen molar-refractivity contribution in [2.75, 3.05) is 13.7 Å². The largest absolute Gasteiger partial charge is 0.497 e. The van der Waals surface area contributed by atoms with E-state index in [-0.39, 0.29) is 6.61 Å². The van der Waals surface area contributed by atoms with Crippen molar-refractivity contribution < 1.29 is 19.4 Å². The van der Waals surface area contributed by atoms with Gasteiger partial charge in [0.25, 0.3) is 5.91 Å². The van der Waals surface area contributed by atoms with E-state index in [2.05, 4.69) is 16.4 Å². The van der Waals surface area contributed by atoms with E-state index < -0.39 is 12.0 Å². The van der Waals surface area contributed by atoms with Crippen molar-refractivity contribution in [3.63, 3.8) is 0 Å². The second-order valence-electron chi connectivity index (χ2n) is 4.94. The molecule has 2 aromatic carbocycles. The molecular formula is C19H18N2O4. The number of terminal acetylenes is 1. The standard InChI is InChI=1S/C19H18N2O4/c1-3-11-25-17-10-9-16(24-2)12-15(17)13-20-21-19(23)18(22)14-7-5-4-6-8-14/h1,4-10,12-13,18,22H,11H2,2H3,(H,21,23)/b20-13-/t18-/m1/s1. The summed E-state index contributed by atoms with van der Waals surface area (Å²) in [4.78, 5) is 12.0. The van der Waals surface area contributed by atoms with Crippen molar-refractivity contribution in [1.29, 1.82) is 0 Å². The van der Waals surface area contributed by atoms with Gasteiger partial charge in [-0.25, -0.2) is 5.43 Å². The van der Waals surface area contributed by atoms with Crippen molar-refractivity contribution in [3.8, 4) is 23.8 Å². The van der Waals surface area contributed by atoms with Crippen LogP contribution in [-0.2, 0) is 4.79 Å². The number of aliphatic hydroxyl groups is 1. The van der Waals surface area contributed by atoms with Gasteiger partial charge in [-0.05, 0) is 23.8 Å². The van der Waals surface area contributed by atoms with Crippen LogP contribution < -0.4 is 14.9 Å². The minimum Gasteiger partial charge on any atom is -0.497 e. The third kappa shape index (κ3) is 5.09. The average molecular weight is 338 g/mol. The van der Waals surface area contributed by atoms with E-state index in [1.807, 2.05) is 0 Å². The van der Waals surface area contributed by atoms with Crippen LogP contribution in [-0.4, -0.2) is 30.9 Å². The summed E-state index contributed by atoms with van der Waals surface area (Å²) >= 11 is 0. The molecule has 0 saturated carbocycles. The van der Waals surface area contributed by atoms with Crippen molar-refractivity contribution >= 4 is 12.1 Å². The normalized spacial score (nSPS) is 11.6. The molecule has 1 atom stereocenters. The lowest BCUT2D eigenvalue weighted by molar-refractivity contribution is -0.129. The maximum absolute atomic E-state index is 12.0. The number of rotatable bonds is 7. The maximum atomic E-state index is 12.0. The number of benzene rings is 2. The Labute approximate surface area is 146 Å². The highest BCUT2D eigenvalue weighted by Crippen LogP contribution is 2.22. The molecular weight excluding hydrogens is 320 g/mol. The van der Waals surface area contributed by atoms with Crippen LogP contribution in [0.15, 0.2) is 53.6 Å². The number of carbonyl (C=O) groups is 1. The zero-order chi connectivity index (χ0) is 18.1. The first-order valence-electron chi connectivity index (χ1n) is 7.46. The number of ether oxygens (including phenoxy) is 2. The van der Waals surface area contributed by atoms with Gasteiger partial charge in [0, 0.05) is 5.56 Å². The minimum absolute atomic E-state index is 0.103. The fraction of sp³-hybridized carbons (Fsp3) is 0.158. The molecule has 0 unspecified atom stereocenters. The Morgan fingerprint density at radius 3 is 2.80 bits per heavy atom. The molecule has 128 valence electrons. The number of hydrazone groups is 1. The third-order valence-corrected chi connectivity index (χ3v) is 3.27. The van der Waals surface area contributed by atoms with Gasteiger partial charge in [0.15, 0.2) is 6.10 Å². The molecule has 6 heteroatoms. The highest BCUT2D eigenvalue weighted by Gasteiger charge is 2.16. The Kier molecular flexibility index (Phi) is 6.57. The number of nitrogens with zero attached hydrogens (tertiary/aromatic N) is 1. The van der Waals surface area contributed by atoms with Gasteiger partial charge < -0.3 is 14.6 Å². The summed E-state index contributed by atoms with van der Waals surface area (Å²) in [6, 6.07) is 13.7. The molecule has 0 aliphatic carbocycles. The number of hydrogen-bond acceptors (Lipinski definition) is 5. The fourth-order valence-electron chi connectivity index (χ4n) is 2.02. The molecule has 0 radical (unpaired) electrons. The summed E-state index contributed by atoms with van der Waals surface area (Å²) in [6.45, 7) is 0.103. The van der Waals surface area contributed by atoms with Crippen LogP contribution in [0.1, 0.15) is 17.2 Å². The molecule has 0 bridgehead atoms. The number of aliphatic hydroxyl groups excluding tert-OH is 1. The van der Waals surface area contributed by atoms with Gasteiger partial charge in [0.05, 0.1) is 13.3 Å². The predicted octanol–water partition coefficient (Wildman–Crippen LogP) is 1.89. The van der Waals surface area contributed by atoms with Crippen LogP contribution >= 0.6 is 0 Å². The number of amides is 1. The van der Waals surface area contributed by atoms with E-state index in [1.165, 1.54) is 13.3 Å². The molecule has 0 fully saturated rings. The number of nitrogens with one attached hydrogen (secondary N) is 1. The van der Waals surface area contributed by atoms with Crippen molar-refractivity contribution in [3.05, 3.63) is 59.7 Å². The Bertz CT molecular complexity index is 782. The molecule has 1 amide bonds. The molecule has 25 heavy (non-hydrogen) atoms. The number of hydrogen-bond donors (Lipinski definition) is 2. The van der Waals surface area contributed by atoms with Gasteiger partial charge in [0.1, 0.15) is 18.1 Å². The predicted molar refractivity (Wildman–Crippen MR) is 94.5 cm³/mol. The summed E-state index contributed by atoms with van der Waals surface area (Å²) in [5, 5.41) is 13.8. The lowest BCUT2D eigenvalue weighted by Gasteiger charge is -2.10. The average Bonchev–Trinajstić information content (AvgIpc) is 2.66. The second-order valence-corrected chi connectivity index (χ2v) is 4.94. The maximum Gasteiger partial charge on any atom is 0.273 e. The fourth-order valence-corrected chi connectivity index (χ4v) is 2.02. The highest BCUT2D eigenvalue weighted by atomic mass is 16.5. The smallest absolute Gasteiger partial charge is 0.273 e. The minimum atomic E-state index is -1.30. The van der Waals surface area contributed by atoms with Crippen LogP contribution in [0.2, 0.25) is 0 Å². The third-order valence-electron chi connectivity index (χ3n) is 3.27. The highest BCUT2D eigenvalue weighted by molar-refractivity contribution is 5.87. The van der Waals surface area contributed by atoms with Crippen LogP contribution in [0.25, 0.3) is 0 Å². The molecule has 6 nitrogen and oxygen atoms in total. The van der Waals surface area contributed by atoms with Gasteiger partial charge in [-0.15, -0.1) is 6.42 Å². The molecule has 2 aromatic rings. The Morgan fingerprint density at radius 1 is 1.36 bits per heavy atom. The molecule has 0 aliphatic rings. The van der Waals surface area contributed by atoms with E-state index in [4.69, 9.17) is 15.9 Å². The van der Waals surface area contributed by atoms with Crippen molar-refractivity contribution in [2.45, 2.75) is 6.10 Å². The van der Waals surface area contributed by atoms with Crippen LogP contribution in [0.4, 0.5) is 0 Å². The summed E-state index contributed by atoms with van der Waals surface area (Å²) in [5.74, 6) is 2.84. The number of carbonyl (C=O) groups excluding carboxylic acids is 1. The Morgan fingerprint density at radius 2 is 2.12 bits per heavy atom. The molecule has 0 aliphatic heterocycles.